The largest absolute Gasteiger partial charge is 0.457 e. The van der Waals surface area contributed by atoms with E-state index in [-0.39, 0.29) is 29.8 Å². The lowest BCUT2D eigenvalue weighted by Crippen LogP contribution is -2.29. The lowest BCUT2D eigenvalue weighted by molar-refractivity contribution is 0.0473. The number of hydrogen-bond acceptors (Lipinski definition) is 6. The van der Waals surface area contributed by atoms with Gasteiger partial charge >= 0.3 is 11.6 Å². The van der Waals surface area contributed by atoms with E-state index in [1.165, 1.54) is 30.3 Å². The summed E-state index contributed by atoms with van der Waals surface area (Å²) in [7, 11) is 0. The molecule has 2 heterocycles. The van der Waals surface area contributed by atoms with E-state index < -0.39 is 23.4 Å². The van der Waals surface area contributed by atoms with Gasteiger partial charge < -0.3 is 9.15 Å². The van der Waals surface area contributed by atoms with Crippen LogP contribution in [0.4, 0.5) is 0 Å². The lowest BCUT2D eigenvalue weighted by Gasteiger charge is -2.09. The third-order valence-electron chi connectivity index (χ3n) is 4.67. The van der Waals surface area contributed by atoms with Gasteiger partial charge in [-0.15, -0.1) is 6.58 Å². The maximum atomic E-state index is 12.5. The number of amides is 2. The van der Waals surface area contributed by atoms with Crippen molar-refractivity contribution in [3.8, 4) is 0 Å². The third kappa shape index (κ3) is 3.46. The number of hydrogen-bond donors (Lipinski definition) is 0. The first-order valence-electron chi connectivity index (χ1n) is 8.89. The van der Waals surface area contributed by atoms with Crippen molar-refractivity contribution < 1.29 is 23.5 Å². The molecule has 0 fully saturated rings. The molecule has 2 amide bonds. The van der Waals surface area contributed by atoms with Crippen LogP contribution in [-0.2, 0) is 11.3 Å². The lowest BCUT2D eigenvalue weighted by atomic mass is 10.1. The number of halogens is 1. The third-order valence-corrected chi connectivity index (χ3v) is 5.16. The molecule has 0 N–H and O–H groups in total. The Morgan fingerprint density at radius 2 is 1.83 bits per heavy atom. The Bertz CT molecular complexity index is 1290. The van der Waals surface area contributed by atoms with Gasteiger partial charge in [0.2, 0.25) is 0 Å². The van der Waals surface area contributed by atoms with E-state index in [0.29, 0.717) is 16.5 Å². The Labute approximate surface area is 178 Å². The van der Waals surface area contributed by atoms with Crippen molar-refractivity contribution in [3.05, 3.63) is 92.3 Å². The Balaban J connectivity index is 1.58. The van der Waals surface area contributed by atoms with E-state index in [1.807, 2.05) is 0 Å². The maximum absolute atomic E-state index is 12.5. The number of ether oxygens (including phenoxy) is 1. The van der Waals surface area contributed by atoms with Gasteiger partial charge in [-0.25, -0.2) is 9.59 Å². The zero-order chi connectivity index (χ0) is 21.4. The molecule has 0 unspecified atom stereocenters. The van der Waals surface area contributed by atoms with Crippen LogP contribution in [0.5, 0.6) is 0 Å². The van der Waals surface area contributed by atoms with Crippen LogP contribution in [0.2, 0.25) is 0 Å². The van der Waals surface area contributed by atoms with Crippen LogP contribution < -0.4 is 5.63 Å². The van der Waals surface area contributed by atoms with Crippen LogP contribution in [0.25, 0.3) is 11.0 Å². The van der Waals surface area contributed by atoms with Crippen molar-refractivity contribution in [1.82, 2.24) is 4.90 Å². The molecule has 1 aliphatic rings. The van der Waals surface area contributed by atoms with Crippen LogP contribution in [-0.4, -0.2) is 29.2 Å². The Kier molecular flexibility index (Phi) is 5.09. The predicted octanol–water partition coefficient (Wildman–Crippen LogP) is 3.69. The van der Waals surface area contributed by atoms with E-state index in [1.54, 1.807) is 18.2 Å². The van der Waals surface area contributed by atoms with Crippen molar-refractivity contribution in [2.45, 2.75) is 6.61 Å². The molecule has 2 aromatic carbocycles. The summed E-state index contributed by atoms with van der Waals surface area (Å²) in [5, 5.41) is 0.639. The van der Waals surface area contributed by atoms with E-state index in [4.69, 9.17) is 9.15 Å². The quantitative estimate of drug-likeness (QED) is 0.245. The molecule has 0 radical (unpaired) electrons. The molecule has 30 heavy (non-hydrogen) atoms. The monoisotopic (exact) mass is 467 g/mol. The average molecular weight is 468 g/mol. The van der Waals surface area contributed by atoms with Gasteiger partial charge in [0.1, 0.15) is 12.2 Å². The molecule has 3 aromatic rings. The SMILES string of the molecule is C=CCN1C(=O)c2ccc(C(=O)OCc3cc(=O)oc4cc(Br)ccc34)cc2C1=O. The highest BCUT2D eigenvalue weighted by molar-refractivity contribution is 9.10. The highest BCUT2D eigenvalue weighted by atomic mass is 79.9. The second kappa shape index (κ2) is 7.72. The van der Waals surface area contributed by atoms with Crippen LogP contribution in [0, 0.1) is 0 Å². The van der Waals surface area contributed by atoms with Crippen LogP contribution in [0.3, 0.4) is 0 Å². The second-order valence-electron chi connectivity index (χ2n) is 6.58. The molecule has 150 valence electrons. The molecular weight excluding hydrogens is 454 g/mol. The van der Waals surface area contributed by atoms with E-state index >= 15 is 0 Å². The molecular formula is C22H14BrNO6. The van der Waals surface area contributed by atoms with Gasteiger partial charge in [-0.05, 0) is 36.4 Å². The number of imide groups is 1. The van der Waals surface area contributed by atoms with Gasteiger partial charge in [0.05, 0.1) is 16.7 Å². The average Bonchev–Trinajstić information content (AvgIpc) is 2.96. The first kappa shape index (κ1) is 19.8. The first-order valence-corrected chi connectivity index (χ1v) is 9.69. The Morgan fingerprint density at radius 3 is 2.60 bits per heavy atom. The molecule has 7 nitrogen and oxygen atoms in total. The number of carbonyl (C=O) groups excluding carboxylic acids is 3. The van der Waals surface area contributed by atoms with Gasteiger partial charge in [0.15, 0.2) is 0 Å². The Hall–Kier alpha value is -3.52. The van der Waals surface area contributed by atoms with Crippen molar-refractivity contribution in [2.75, 3.05) is 6.54 Å². The minimum Gasteiger partial charge on any atom is -0.457 e. The predicted molar refractivity (Wildman–Crippen MR) is 111 cm³/mol. The summed E-state index contributed by atoms with van der Waals surface area (Å²) in [5.74, 6) is -1.59. The molecule has 0 saturated carbocycles. The summed E-state index contributed by atoms with van der Waals surface area (Å²) in [6, 6.07) is 10.7. The second-order valence-corrected chi connectivity index (χ2v) is 7.49. The first-order chi connectivity index (χ1) is 14.4. The normalized spacial score (nSPS) is 12.9. The smallest absolute Gasteiger partial charge is 0.338 e. The molecule has 1 aromatic heterocycles. The number of nitrogens with zero attached hydrogens (tertiary/aromatic N) is 1. The number of esters is 1. The van der Waals surface area contributed by atoms with Crippen molar-refractivity contribution >= 4 is 44.7 Å². The molecule has 0 bridgehead atoms. The molecule has 0 spiro atoms. The molecule has 4 rings (SSSR count). The number of carbonyl (C=O) groups is 3. The summed E-state index contributed by atoms with van der Waals surface area (Å²) in [4.78, 5) is 50.1. The topological polar surface area (TPSA) is 93.9 Å². The number of benzene rings is 2. The van der Waals surface area contributed by atoms with Crippen LogP contribution in [0.1, 0.15) is 36.6 Å². The highest BCUT2D eigenvalue weighted by Gasteiger charge is 2.35. The summed E-state index contributed by atoms with van der Waals surface area (Å²) in [6.07, 6.45) is 1.45. The zero-order valence-electron chi connectivity index (χ0n) is 15.5. The van der Waals surface area contributed by atoms with Gasteiger partial charge in [-0.1, -0.05) is 22.0 Å². The fourth-order valence-electron chi connectivity index (χ4n) is 3.26. The van der Waals surface area contributed by atoms with Crippen molar-refractivity contribution in [3.63, 3.8) is 0 Å². The minimum atomic E-state index is -0.682. The summed E-state index contributed by atoms with van der Waals surface area (Å²) >= 11 is 3.31. The summed E-state index contributed by atoms with van der Waals surface area (Å²) in [5.41, 5.74) is 0.808. The van der Waals surface area contributed by atoms with E-state index in [9.17, 15) is 19.2 Å². The van der Waals surface area contributed by atoms with Crippen molar-refractivity contribution in [1.29, 1.82) is 0 Å². The minimum absolute atomic E-state index is 0.0892. The fraction of sp³-hybridized carbons (Fsp3) is 0.0909. The molecule has 0 saturated heterocycles. The zero-order valence-corrected chi connectivity index (χ0v) is 17.1. The number of rotatable bonds is 5. The molecule has 0 aliphatic carbocycles. The van der Waals surface area contributed by atoms with E-state index in [0.717, 1.165) is 9.37 Å². The van der Waals surface area contributed by atoms with Crippen LogP contribution >= 0.6 is 15.9 Å². The van der Waals surface area contributed by atoms with Gasteiger partial charge in [-0.2, -0.15) is 0 Å². The molecule has 8 heteroatoms. The summed E-state index contributed by atoms with van der Waals surface area (Å²) < 4.78 is 11.3. The number of fused-ring (bicyclic) bond motifs is 2. The van der Waals surface area contributed by atoms with Crippen molar-refractivity contribution in [2.24, 2.45) is 0 Å². The van der Waals surface area contributed by atoms with Gasteiger partial charge in [-0.3, -0.25) is 14.5 Å². The van der Waals surface area contributed by atoms with Gasteiger partial charge in [0.25, 0.3) is 11.8 Å². The van der Waals surface area contributed by atoms with Crippen LogP contribution in [0.15, 0.2) is 68.8 Å². The maximum Gasteiger partial charge on any atom is 0.338 e. The van der Waals surface area contributed by atoms with Gasteiger partial charge in [0, 0.05) is 28.0 Å². The molecule has 0 atom stereocenters. The summed E-state index contributed by atoms with van der Waals surface area (Å²) in [6.45, 7) is 3.47. The fourth-order valence-corrected chi connectivity index (χ4v) is 3.60. The molecule has 1 aliphatic heterocycles. The highest BCUT2D eigenvalue weighted by Crippen LogP contribution is 2.25. The van der Waals surface area contributed by atoms with E-state index in [2.05, 4.69) is 22.5 Å². The standard InChI is InChI=1S/C22H14BrNO6/c1-2-7-24-20(26)16-5-3-12(8-17(16)21(24)27)22(28)29-11-13-9-19(25)30-18-10-14(23)4-6-15(13)18/h2-6,8-10H,1,7,11H2. The Morgan fingerprint density at radius 1 is 1.07 bits per heavy atom.